The van der Waals surface area contributed by atoms with Crippen LogP contribution < -0.4 is 10.1 Å². The maximum Gasteiger partial charge on any atom is 0.193 e. The van der Waals surface area contributed by atoms with Crippen LogP contribution in [0.15, 0.2) is 59.6 Å². The average Bonchev–Trinajstić information content (AvgIpc) is 3.17. The molecule has 28 heavy (non-hydrogen) atoms. The number of hydrogen-bond donors (Lipinski definition) is 1. The number of para-hydroxylation sites is 1. The Morgan fingerprint density at radius 3 is 2.68 bits per heavy atom. The lowest BCUT2D eigenvalue weighted by atomic mass is 10.1. The molecular weight excluding hydrogens is 465 g/mol. The van der Waals surface area contributed by atoms with Crippen LogP contribution in [0.1, 0.15) is 17.5 Å². The fourth-order valence-corrected chi connectivity index (χ4v) is 3.42. The third-order valence-corrected chi connectivity index (χ3v) is 4.79. The number of nitrogens with zero attached hydrogens (tertiary/aromatic N) is 2. The fourth-order valence-electron chi connectivity index (χ4n) is 3.42. The average molecular weight is 495 g/mol. The second-order valence-electron chi connectivity index (χ2n) is 6.88. The summed E-state index contributed by atoms with van der Waals surface area (Å²) < 4.78 is 11.1. The van der Waals surface area contributed by atoms with Crippen LogP contribution in [0.2, 0.25) is 0 Å². The Morgan fingerprint density at radius 2 is 1.93 bits per heavy atom. The van der Waals surface area contributed by atoms with Crippen LogP contribution >= 0.6 is 24.0 Å². The van der Waals surface area contributed by atoms with Gasteiger partial charge in [0.2, 0.25) is 0 Å². The summed E-state index contributed by atoms with van der Waals surface area (Å²) in [5, 5.41) is 3.49. The monoisotopic (exact) mass is 495 g/mol. The van der Waals surface area contributed by atoms with Gasteiger partial charge in [-0.05, 0) is 29.7 Å². The van der Waals surface area contributed by atoms with Crippen molar-refractivity contribution in [1.29, 1.82) is 0 Å². The van der Waals surface area contributed by atoms with Crippen molar-refractivity contribution in [3.05, 3.63) is 65.7 Å². The summed E-state index contributed by atoms with van der Waals surface area (Å²) >= 11 is 0. The van der Waals surface area contributed by atoms with Gasteiger partial charge < -0.3 is 19.7 Å². The van der Waals surface area contributed by atoms with Gasteiger partial charge in [0.25, 0.3) is 0 Å². The Morgan fingerprint density at radius 1 is 1.14 bits per heavy atom. The molecule has 0 amide bonds. The van der Waals surface area contributed by atoms with Crippen molar-refractivity contribution in [2.24, 2.45) is 10.9 Å². The smallest absolute Gasteiger partial charge is 0.193 e. The summed E-state index contributed by atoms with van der Waals surface area (Å²) in [6.07, 6.45) is 1.15. The zero-order chi connectivity index (χ0) is 18.9. The van der Waals surface area contributed by atoms with Crippen molar-refractivity contribution in [1.82, 2.24) is 10.2 Å². The molecule has 0 bridgehead atoms. The summed E-state index contributed by atoms with van der Waals surface area (Å²) in [6, 6.07) is 18.4. The van der Waals surface area contributed by atoms with Crippen molar-refractivity contribution < 1.29 is 9.47 Å². The molecule has 2 aromatic carbocycles. The lowest BCUT2D eigenvalue weighted by Crippen LogP contribution is -2.39. The van der Waals surface area contributed by atoms with Crippen LogP contribution in [0, 0.1) is 5.92 Å². The first kappa shape index (κ1) is 22.5. The maximum atomic E-state index is 5.85. The second kappa shape index (κ2) is 11.9. The molecule has 2 aromatic rings. The van der Waals surface area contributed by atoms with Crippen LogP contribution in [0.25, 0.3) is 0 Å². The van der Waals surface area contributed by atoms with E-state index in [4.69, 9.17) is 9.47 Å². The molecule has 1 aliphatic rings. The molecule has 1 aliphatic heterocycles. The van der Waals surface area contributed by atoms with Crippen molar-refractivity contribution in [2.75, 3.05) is 33.9 Å². The molecule has 152 valence electrons. The minimum Gasteiger partial charge on any atom is -0.489 e. The summed E-state index contributed by atoms with van der Waals surface area (Å²) in [7, 11) is 3.61. The normalized spacial score (nSPS) is 16.6. The van der Waals surface area contributed by atoms with E-state index in [2.05, 4.69) is 39.5 Å². The van der Waals surface area contributed by atoms with Gasteiger partial charge in [0, 0.05) is 39.7 Å². The van der Waals surface area contributed by atoms with E-state index in [1.807, 2.05) is 37.4 Å². The molecule has 0 saturated carbocycles. The van der Waals surface area contributed by atoms with E-state index in [1.165, 1.54) is 5.56 Å². The van der Waals surface area contributed by atoms with E-state index in [0.717, 1.165) is 49.9 Å². The highest BCUT2D eigenvalue weighted by Gasteiger charge is 2.24. The van der Waals surface area contributed by atoms with Crippen LogP contribution in [-0.2, 0) is 17.9 Å². The fraction of sp³-hybridized carbons (Fsp3) is 0.409. The minimum atomic E-state index is 0. The molecule has 1 atom stereocenters. The zero-order valence-corrected chi connectivity index (χ0v) is 19.0. The van der Waals surface area contributed by atoms with Crippen LogP contribution in [0.5, 0.6) is 5.75 Å². The summed E-state index contributed by atoms with van der Waals surface area (Å²) in [6.45, 7) is 4.16. The highest BCUT2D eigenvalue weighted by molar-refractivity contribution is 14.0. The van der Waals surface area contributed by atoms with Gasteiger partial charge >= 0.3 is 0 Å². The molecule has 0 radical (unpaired) electrons. The van der Waals surface area contributed by atoms with E-state index < -0.39 is 0 Å². The molecule has 3 rings (SSSR count). The first-order valence-corrected chi connectivity index (χ1v) is 9.48. The maximum absolute atomic E-state index is 5.85. The predicted molar refractivity (Wildman–Crippen MR) is 124 cm³/mol. The van der Waals surface area contributed by atoms with Gasteiger partial charge in [-0.1, -0.05) is 42.5 Å². The molecule has 0 aliphatic carbocycles. The largest absolute Gasteiger partial charge is 0.489 e. The molecule has 6 heteroatoms. The Balaban J connectivity index is 0.00000280. The van der Waals surface area contributed by atoms with E-state index in [0.29, 0.717) is 12.5 Å². The van der Waals surface area contributed by atoms with Gasteiger partial charge in [-0.15, -0.1) is 24.0 Å². The van der Waals surface area contributed by atoms with Gasteiger partial charge in [-0.2, -0.15) is 0 Å². The second-order valence-corrected chi connectivity index (χ2v) is 6.88. The highest BCUT2D eigenvalue weighted by atomic mass is 127. The number of nitrogens with one attached hydrogen (secondary N) is 1. The molecule has 1 fully saturated rings. The van der Waals surface area contributed by atoms with E-state index >= 15 is 0 Å². The summed E-state index contributed by atoms with van der Waals surface area (Å²) in [4.78, 5) is 6.76. The number of benzene rings is 2. The van der Waals surface area contributed by atoms with E-state index in [-0.39, 0.29) is 24.0 Å². The van der Waals surface area contributed by atoms with Gasteiger partial charge in [-0.3, -0.25) is 4.99 Å². The quantitative estimate of drug-likeness (QED) is 0.360. The number of halogens is 1. The molecule has 0 aromatic heterocycles. The summed E-state index contributed by atoms with van der Waals surface area (Å²) in [5.74, 6) is 2.44. The van der Waals surface area contributed by atoms with Gasteiger partial charge in [-0.25, -0.2) is 0 Å². The first-order valence-electron chi connectivity index (χ1n) is 9.48. The number of rotatable bonds is 7. The van der Waals surface area contributed by atoms with Crippen molar-refractivity contribution in [2.45, 2.75) is 19.6 Å². The molecule has 1 heterocycles. The van der Waals surface area contributed by atoms with Gasteiger partial charge in [0.15, 0.2) is 5.96 Å². The lowest BCUT2D eigenvalue weighted by molar-refractivity contribution is 0.157. The lowest BCUT2D eigenvalue weighted by Gasteiger charge is -2.22. The molecule has 0 spiro atoms. The van der Waals surface area contributed by atoms with Crippen LogP contribution in [-0.4, -0.2) is 44.7 Å². The van der Waals surface area contributed by atoms with Crippen molar-refractivity contribution in [3.63, 3.8) is 0 Å². The Kier molecular flexibility index (Phi) is 9.57. The topological polar surface area (TPSA) is 46.1 Å². The highest BCUT2D eigenvalue weighted by Crippen LogP contribution is 2.17. The van der Waals surface area contributed by atoms with Crippen LogP contribution in [0.3, 0.4) is 0 Å². The predicted octanol–water partition coefficient (Wildman–Crippen LogP) is 3.93. The molecular formula is C22H30IN3O2. The van der Waals surface area contributed by atoms with Crippen molar-refractivity contribution in [3.8, 4) is 5.75 Å². The molecule has 1 saturated heterocycles. The minimum absolute atomic E-state index is 0. The molecule has 5 nitrogen and oxygen atoms in total. The Labute approximate surface area is 185 Å². The SMILES string of the molecule is CN=C(NCc1cccc(COc2ccccc2)c1)N1CCC(COC)C1.I. The third-order valence-electron chi connectivity index (χ3n) is 4.79. The van der Waals surface area contributed by atoms with E-state index in [1.54, 1.807) is 7.11 Å². The number of likely N-dealkylation sites (tertiary alicyclic amines) is 1. The standard InChI is InChI=1S/C22H29N3O2.HI/c1-23-22(25-12-11-20(15-25)16-26-2)24-14-18-7-6-8-19(13-18)17-27-21-9-4-3-5-10-21;/h3-10,13,20H,11-12,14-17H2,1-2H3,(H,23,24);1H. The number of ether oxygens (including phenoxy) is 2. The van der Waals surface area contributed by atoms with Crippen molar-refractivity contribution >= 4 is 29.9 Å². The third kappa shape index (κ3) is 6.67. The van der Waals surface area contributed by atoms with E-state index in [9.17, 15) is 0 Å². The number of aliphatic imine (C=N–C) groups is 1. The Hall–Kier alpha value is -1.80. The number of guanidine groups is 1. The van der Waals surface area contributed by atoms with Gasteiger partial charge in [0.1, 0.15) is 12.4 Å². The van der Waals surface area contributed by atoms with Gasteiger partial charge in [0.05, 0.1) is 6.61 Å². The number of methoxy groups -OCH3 is 1. The Bertz CT molecular complexity index is 740. The molecule has 1 N–H and O–H groups in total. The zero-order valence-electron chi connectivity index (χ0n) is 16.6. The summed E-state index contributed by atoms with van der Waals surface area (Å²) in [5.41, 5.74) is 2.38. The first-order chi connectivity index (χ1) is 13.3. The van der Waals surface area contributed by atoms with Crippen LogP contribution in [0.4, 0.5) is 0 Å². The molecule has 1 unspecified atom stereocenters. The number of hydrogen-bond acceptors (Lipinski definition) is 3.